The maximum atomic E-state index is 9.89. The van der Waals surface area contributed by atoms with Crippen LogP contribution in [-0.2, 0) is 4.74 Å². The minimum atomic E-state index is -1.35. The molecule has 2 fully saturated rings. The average molecular weight is 222 g/mol. The zero-order valence-corrected chi connectivity index (χ0v) is 9.11. The maximum Gasteiger partial charge on any atom is 0.179 e. The molecule has 5 heteroatoms. The summed E-state index contributed by atoms with van der Waals surface area (Å²) >= 11 is 5.95. The molecule has 0 amide bonds. The first-order valence-electron chi connectivity index (χ1n) is 4.90. The van der Waals surface area contributed by atoms with Crippen LogP contribution in [0.25, 0.3) is 0 Å². The van der Waals surface area contributed by atoms with E-state index in [4.69, 9.17) is 16.3 Å². The number of nitrogens with zero attached hydrogens (tertiary/aromatic N) is 1. The lowest BCUT2D eigenvalue weighted by Crippen LogP contribution is -2.44. The van der Waals surface area contributed by atoms with Gasteiger partial charge in [-0.15, -0.1) is 0 Å². The third kappa shape index (κ3) is 1.46. The summed E-state index contributed by atoms with van der Waals surface area (Å²) in [6.45, 7) is 4.63. The van der Waals surface area contributed by atoms with Crippen LogP contribution >= 0.6 is 11.6 Å². The van der Waals surface area contributed by atoms with Gasteiger partial charge in [0.25, 0.3) is 0 Å². The van der Waals surface area contributed by atoms with Crippen LogP contribution in [0.4, 0.5) is 0 Å². The Balaban J connectivity index is 2.23. The first-order valence-corrected chi connectivity index (χ1v) is 5.28. The third-order valence-electron chi connectivity index (χ3n) is 3.04. The molecule has 0 spiro atoms. The first-order chi connectivity index (χ1) is 6.43. The van der Waals surface area contributed by atoms with Gasteiger partial charge in [0, 0.05) is 12.6 Å². The van der Waals surface area contributed by atoms with E-state index < -0.39 is 17.3 Å². The van der Waals surface area contributed by atoms with Gasteiger partial charge < -0.3 is 14.9 Å². The van der Waals surface area contributed by atoms with E-state index >= 15 is 0 Å². The van der Waals surface area contributed by atoms with Crippen molar-refractivity contribution in [1.29, 1.82) is 0 Å². The number of rotatable bonds is 1. The van der Waals surface area contributed by atoms with Gasteiger partial charge in [0.2, 0.25) is 0 Å². The van der Waals surface area contributed by atoms with Crippen LogP contribution in [0, 0.1) is 0 Å². The molecule has 14 heavy (non-hydrogen) atoms. The zero-order valence-electron chi connectivity index (χ0n) is 8.35. The Hall–Kier alpha value is 0.130. The molecule has 2 aliphatic heterocycles. The molecule has 82 valence electrons. The largest absolute Gasteiger partial charge is 0.389 e. The highest BCUT2D eigenvalue weighted by atomic mass is 35.5. The molecule has 2 heterocycles. The average Bonchev–Trinajstić information content (AvgIpc) is 2.54. The Morgan fingerprint density at radius 1 is 1.57 bits per heavy atom. The predicted octanol–water partition coefficient (Wildman–Crippen LogP) is -0.234. The molecule has 4 nitrogen and oxygen atoms in total. The Bertz CT molecular complexity index is 234. The normalized spacial score (nSPS) is 48.9. The maximum absolute atomic E-state index is 9.89. The van der Waals surface area contributed by atoms with Crippen LogP contribution in [0.15, 0.2) is 0 Å². The number of alkyl halides is 1. The summed E-state index contributed by atoms with van der Waals surface area (Å²) < 4.78 is 5.31. The van der Waals surface area contributed by atoms with E-state index in [9.17, 15) is 10.2 Å². The third-order valence-corrected chi connectivity index (χ3v) is 3.37. The number of hydrogen-bond acceptors (Lipinski definition) is 4. The Morgan fingerprint density at radius 3 is 2.79 bits per heavy atom. The highest BCUT2D eigenvalue weighted by Gasteiger charge is 2.58. The molecule has 0 aromatic rings. The summed E-state index contributed by atoms with van der Waals surface area (Å²) in [6, 6.07) is 0.0733. The quantitative estimate of drug-likeness (QED) is 0.601. The van der Waals surface area contributed by atoms with Crippen LogP contribution in [0.5, 0.6) is 0 Å². The monoisotopic (exact) mass is 221 g/mol. The number of halogens is 1. The fraction of sp³-hybridized carbons (Fsp3) is 1.00. The van der Waals surface area contributed by atoms with Gasteiger partial charge in [-0.25, -0.2) is 0 Å². The highest BCUT2D eigenvalue weighted by molar-refractivity contribution is 6.23. The highest BCUT2D eigenvalue weighted by Crippen LogP contribution is 2.39. The van der Waals surface area contributed by atoms with Crippen molar-refractivity contribution in [2.24, 2.45) is 0 Å². The van der Waals surface area contributed by atoms with E-state index in [-0.39, 0.29) is 18.7 Å². The topological polar surface area (TPSA) is 52.9 Å². The number of ether oxygens (including phenoxy) is 1. The number of aliphatic hydroxyl groups is 2. The molecule has 0 aromatic heterocycles. The number of β-amino-alcohol motifs (C(OH)–C–C–N with tert-alkyl or cyclic N) is 1. The van der Waals surface area contributed by atoms with E-state index in [1.807, 2.05) is 18.7 Å². The molecule has 4 unspecified atom stereocenters. The molecule has 2 rings (SSSR count). The van der Waals surface area contributed by atoms with E-state index in [1.54, 1.807) is 0 Å². The molecule has 0 saturated carbocycles. The minimum absolute atomic E-state index is 0.169. The number of likely N-dealkylation sites (tertiary alicyclic amines) is 1. The SMILES string of the molecule is CC(C)N1CC(O)(Cl)C2OCC(O)C21. The van der Waals surface area contributed by atoms with Gasteiger partial charge in [-0.3, -0.25) is 4.90 Å². The fourth-order valence-corrected chi connectivity index (χ4v) is 2.69. The summed E-state index contributed by atoms with van der Waals surface area (Å²) in [5.41, 5.74) is 0. The van der Waals surface area contributed by atoms with E-state index in [0.29, 0.717) is 6.54 Å². The summed E-state index contributed by atoms with van der Waals surface area (Å²) in [6.07, 6.45) is -1.02. The van der Waals surface area contributed by atoms with Gasteiger partial charge >= 0.3 is 0 Å². The number of fused-ring (bicyclic) bond motifs is 1. The van der Waals surface area contributed by atoms with Crippen molar-refractivity contribution in [2.75, 3.05) is 13.2 Å². The van der Waals surface area contributed by atoms with Crippen molar-refractivity contribution in [3.05, 3.63) is 0 Å². The molecule has 0 aliphatic carbocycles. The van der Waals surface area contributed by atoms with Crippen LogP contribution in [0.3, 0.4) is 0 Å². The second-order valence-electron chi connectivity index (χ2n) is 4.40. The van der Waals surface area contributed by atoms with E-state index in [0.717, 1.165) is 0 Å². The lowest BCUT2D eigenvalue weighted by Gasteiger charge is -2.28. The molecular formula is C9H16ClNO3. The molecule has 2 N–H and O–H groups in total. The van der Waals surface area contributed by atoms with Crippen LogP contribution < -0.4 is 0 Å². The Labute approximate surface area is 88.4 Å². The molecule has 4 atom stereocenters. The van der Waals surface area contributed by atoms with E-state index in [2.05, 4.69) is 0 Å². The summed E-state index contributed by atoms with van der Waals surface area (Å²) in [7, 11) is 0. The molecule has 2 aliphatic rings. The van der Waals surface area contributed by atoms with Crippen molar-refractivity contribution < 1.29 is 14.9 Å². The number of aliphatic hydroxyl groups excluding tert-OH is 1. The zero-order chi connectivity index (χ0) is 10.5. The summed E-state index contributed by atoms with van der Waals surface area (Å²) in [4.78, 5) is 2.00. The first kappa shape index (κ1) is 10.6. The minimum Gasteiger partial charge on any atom is -0.389 e. The van der Waals surface area contributed by atoms with Gasteiger partial charge in [0.1, 0.15) is 6.10 Å². The fourth-order valence-electron chi connectivity index (χ4n) is 2.36. The van der Waals surface area contributed by atoms with Crippen LogP contribution in [0.2, 0.25) is 0 Å². The summed E-state index contributed by atoms with van der Waals surface area (Å²) in [5, 5.41) is 18.2. The van der Waals surface area contributed by atoms with Crippen molar-refractivity contribution in [1.82, 2.24) is 4.90 Å². The van der Waals surface area contributed by atoms with Crippen molar-refractivity contribution in [3.8, 4) is 0 Å². The second-order valence-corrected chi connectivity index (χ2v) is 5.05. The summed E-state index contributed by atoms with van der Waals surface area (Å²) in [5.74, 6) is 0. The van der Waals surface area contributed by atoms with Gasteiger partial charge in [-0.2, -0.15) is 0 Å². The molecule has 0 aromatic carbocycles. The molecule has 0 radical (unpaired) electrons. The van der Waals surface area contributed by atoms with Gasteiger partial charge in [-0.05, 0) is 13.8 Å². The lowest BCUT2D eigenvalue weighted by molar-refractivity contribution is -0.0122. The van der Waals surface area contributed by atoms with Crippen molar-refractivity contribution in [3.63, 3.8) is 0 Å². The van der Waals surface area contributed by atoms with Crippen LogP contribution in [0.1, 0.15) is 13.8 Å². The molecular weight excluding hydrogens is 206 g/mol. The molecule has 0 bridgehead atoms. The lowest BCUT2D eigenvalue weighted by atomic mass is 10.1. The smallest absolute Gasteiger partial charge is 0.179 e. The second kappa shape index (κ2) is 3.32. The van der Waals surface area contributed by atoms with Crippen molar-refractivity contribution in [2.45, 2.75) is 43.2 Å². The van der Waals surface area contributed by atoms with Crippen molar-refractivity contribution >= 4 is 11.6 Å². The molecule has 2 saturated heterocycles. The van der Waals surface area contributed by atoms with Gasteiger partial charge in [-0.1, -0.05) is 11.6 Å². The van der Waals surface area contributed by atoms with Gasteiger partial charge in [0.15, 0.2) is 5.06 Å². The van der Waals surface area contributed by atoms with Crippen LogP contribution in [-0.4, -0.2) is 57.6 Å². The predicted molar refractivity (Wildman–Crippen MR) is 52.2 cm³/mol. The Morgan fingerprint density at radius 2 is 2.21 bits per heavy atom. The van der Waals surface area contributed by atoms with E-state index in [1.165, 1.54) is 0 Å². The van der Waals surface area contributed by atoms with Gasteiger partial charge in [0.05, 0.1) is 18.8 Å². The number of hydrogen-bond donors (Lipinski definition) is 2. The standard InChI is InChI=1S/C9H16ClNO3/c1-5(2)11-4-9(10,13)8-7(11)6(12)3-14-8/h5-8,12-13H,3-4H2,1-2H3. The Kier molecular flexibility index (Phi) is 2.52.